The monoisotopic (exact) mass is 407 g/mol. The van der Waals surface area contributed by atoms with Crippen LogP contribution in [0.1, 0.15) is 49.4 Å². The maximum absolute atomic E-state index is 13.1. The number of imide groups is 1. The fraction of sp³-hybridized carbons (Fsp3) is 0.375. The Kier molecular flexibility index (Phi) is 6.25. The van der Waals surface area contributed by atoms with Gasteiger partial charge in [0.05, 0.1) is 0 Å². The van der Waals surface area contributed by atoms with Crippen LogP contribution in [0, 0.1) is 6.92 Å². The second kappa shape index (κ2) is 8.69. The number of aryl methyl sites for hydroxylation is 3. The van der Waals surface area contributed by atoms with Crippen LogP contribution in [0.4, 0.5) is 10.5 Å². The molecule has 1 heterocycles. The number of para-hydroxylation sites is 1. The van der Waals surface area contributed by atoms with Crippen molar-refractivity contribution >= 4 is 23.5 Å². The summed E-state index contributed by atoms with van der Waals surface area (Å²) in [6.45, 7) is 7.39. The molecule has 6 heteroatoms. The standard InChI is InChI=1S/C24H29N3O3/c1-5-8-17-11-13-19(14-12-17)24(4)22(29)27(23(30)26-24)15-20(28)25-21-16(3)9-7-10-18(21)6-2/h7,9-14H,5-6,8,15H2,1-4H3,(H,25,28)(H,26,30)/t24-/m0/s1. The molecule has 2 N–H and O–H groups in total. The molecule has 2 aromatic carbocycles. The first kappa shape index (κ1) is 21.6. The quantitative estimate of drug-likeness (QED) is 0.683. The highest BCUT2D eigenvalue weighted by Crippen LogP contribution is 2.29. The summed E-state index contributed by atoms with van der Waals surface area (Å²) in [6.07, 6.45) is 2.77. The Morgan fingerprint density at radius 3 is 2.43 bits per heavy atom. The summed E-state index contributed by atoms with van der Waals surface area (Å²) in [7, 11) is 0. The minimum absolute atomic E-state index is 0.328. The van der Waals surface area contributed by atoms with Crippen LogP contribution in [0.15, 0.2) is 42.5 Å². The third-order valence-corrected chi connectivity index (χ3v) is 5.65. The van der Waals surface area contributed by atoms with E-state index in [0.29, 0.717) is 5.56 Å². The summed E-state index contributed by atoms with van der Waals surface area (Å²) in [5.41, 5.74) is 3.40. The lowest BCUT2D eigenvalue weighted by Crippen LogP contribution is -2.42. The summed E-state index contributed by atoms with van der Waals surface area (Å²) < 4.78 is 0. The Hall–Kier alpha value is -3.15. The van der Waals surface area contributed by atoms with Crippen LogP contribution < -0.4 is 10.6 Å². The highest BCUT2D eigenvalue weighted by atomic mass is 16.2. The number of hydrogen-bond donors (Lipinski definition) is 2. The maximum atomic E-state index is 13.1. The van der Waals surface area contributed by atoms with Crippen molar-refractivity contribution in [1.82, 2.24) is 10.2 Å². The third kappa shape index (κ3) is 4.08. The van der Waals surface area contributed by atoms with E-state index in [0.717, 1.165) is 41.0 Å². The van der Waals surface area contributed by atoms with Crippen LogP contribution in [0.5, 0.6) is 0 Å². The van der Waals surface area contributed by atoms with Crippen LogP contribution in [0.3, 0.4) is 0 Å². The number of anilines is 1. The number of urea groups is 1. The molecule has 0 saturated carbocycles. The van der Waals surface area contributed by atoms with E-state index in [1.165, 1.54) is 5.56 Å². The second-order valence-corrected chi connectivity index (χ2v) is 7.90. The smallest absolute Gasteiger partial charge is 0.324 e. The van der Waals surface area contributed by atoms with Gasteiger partial charge in [0.15, 0.2) is 0 Å². The number of nitrogens with zero attached hydrogens (tertiary/aromatic N) is 1. The van der Waals surface area contributed by atoms with Crippen molar-refractivity contribution in [2.24, 2.45) is 0 Å². The Balaban J connectivity index is 1.75. The molecule has 1 aliphatic heterocycles. The molecular weight excluding hydrogens is 378 g/mol. The fourth-order valence-electron chi connectivity index (χ4n) is 3.85. The Labute approximate surface area is 177 Å². The van der Waals surface area contributed by atoms with E-state index in [1.54, 1.807) is 6.92 Å². The van der Waals surface area contributed by atoms with Gasteiger partial charge in [-0.2, -0.15) is 0 Å². The number of amides is 4. The summed E-state index contributed by atoms with van der Waals surface area (Å²) in [5, 5.41) is 5.63. The molecular formula is C24H29N3O3. The van der Waals surface area contributed by atoms with Crippen LogP contribution in [-0.2, 0) is 28.0 Å². The van der Waals surface area contributed by atoms with Gasteiger partial charge < -0.3 is 10.6 Å². The average Bonchev–Trinajstić information content (AvgIpc) is 2.94. The first-order chi connectivity index (χ1) is 14.3. The minimum atomic E-state index is -1.18. The van der Waals surface area contributed by atoms with Crippen molar-refractivity contribution in [3.8, 4) is 0 Å². The minimum Gasteiger partial charge on any atom is -0.324 e. The average molecular weight is 408 g/mol. The molecule has 158 valence electrons. The van der Waals surface area contributed by atoms with Crippen molar-refractivity contribution in [3.63, 3.8) is 0 Å². The lowest BCUT2D eigenvalue weighted by Gasteiger charge is -2.22. The van der Waals surface area contributed by atoms with Gasteiger partial charge >= 0.3 is 6.03 Å². The molecule has 30 heavy (non-hydrogen) atoms. The molecule has 0 bridgehead atoms. The van der Waals surface area contributed by atoms with E-state index < -0.39 is 23.4 Å². The molecule has 6 nitrogen and oxygen atoms in total. The Morgan fingerprint density at radius 1 is 1.10 bits per heavy atom. The first-order valence-electron chi connectivity index (χ1n) is 10.4. The Bertz CT molecular complexity index is 968. The summed E-state index contributed by atoms with van der Waals surface area (Å²) in [4.78, 5) is 39.3. The van der Waals surface area contributed by atoms with Crippen LogP contribution in [0.25, 0.3) is 0 Å². The number of carbonyl (C=O) groups is 3. The van der Waals surface area contributed by atoms with Crippen molar-refractivity contribution in [2.75, 3.05) is 11.9 Å². The van der Waals surface area contributed by atoms with Gasteiger partial charge in [0.2, 0.25) is 5.91 Å². The van der Waals surface area contributed by atoms with E-state index in [2.05, 4.69) is 17.6 Å². The second-order valence-electron chi connectivity index (χ2n) is 7.90. The fourth-order valence-corrected chi connectivity index (χ4v) is 3.85. The molecule has 1 atom stereocenters. The number of rotatable bonds is 7. The van der Waals surface area contributed by atoms with E-state index in [-0.39, 0.29) is 6.54 Å². The zero-order valence-electron chi connectivity index (χ0n) is 18.0. The molecule has 0 aliphatic carbocycles. The van der Waals surface area contributed by atoms with E-state index in [1.807, 2.05) is 56.3 Å². The maximum Gasteiger partial charge on any atom is 0.325 e. The van der Waals surface area contributed by atoms with Gasteiger partial charge in [-0.3, -0.25) is 14.5 Å². The highest BCUT2D eigenvalue weighted by molar-refractivity contribution is 6.10. The topological polar surface area (TPSA) is 78.5 Å². The Morgan fingerprint density at radius 2 is 1.80 bits per heavy atom. The molecule has 1 saturated heterocycles. The molecule has 4 amide bonds. The van der Waals surface area contributed by atoms with Crippen LogP contribution in [-0.4, -0.2) is 29.3 Å². The highest BCUT2D eigenvalue weighted by Gasteiger charge is 2.49. The molecule has 0 aromatic heterocycles. The molecule has 1 aliphatic rings. The van der Waals surface area contributed by atoms with Crippen molar-refractivity contribution < 1.29 is 14.4 Å². The van der Waals surface area contributed by atoms with Gasteiger partial charge in [-0.05, 0) is 48.9 Å². The van der Waals surface area contributed by atoms with Gasteiger partial charge in [0.1, 0.15) is 12.1 Å². The largest absolute Gasteiger partial charge is 0.325 e. The van der Waals surface area contributed by atoms with E-state index in [4.69, 9.17) is 0 Å². The number of nitrogens with one attached hydrogen (secondary N) is 2. The summed E-state index contributed by atoms with van der Waals surface area (Å²) >= 11 is 0. The molecule has 3 rings (SSSR count). The summed E-state index contributed by atoms with van der Waals surface area (Å²) in [5.74, 6) is -0.823. The number of carbonyl (C=O) groups excluding carboxylic acids is 3. The normalized spacial score (nSPS) is 18.5. The SMILES string of the molecule is CCCc1ccc([C@]2(C)NC(=O)N(CC(=O)Nc3c(C)cccc3CC)C2=O)cc1. The lowest BCUT2D eigenvalue weighted by atomic mass is 9.91. The van der Waals surface area contributed by atoms with Crippen LogP contribution in [0.2, 0.25) is 0 Å². The van der Waals surface area contributed by atoms with Gasteiger partial charge in [-0.25, -0.2) is 4.79 Å². The molecule has 1 fully saturated rings. The zero-order valence-corrected chi connectivity index (χ0v) is 18.0. The lowest BCUT2D eigenvalue weighted by molar-refractivity contribution is -0.133. The van der Waals surface area contributed by atoms with Gasteiger partial charge in [0.25, 0.3) is 5.91 Å². The van der Waals surface area contributed by atoms with Gasteiger partial charge in [-0.1, -0.05) is 62.7 Å². The molecule has 2 aromatic rings. The van der Waals surface area contributed by atoms with Crippen molar-refractivity contribution in [3.05, 3.63) is 64.7 Å². The van der Waals surface area contributed by atoms with Crippen LogP contribution >= 0.6 is 0 Å². The number of hydrogen-bond acceptors (Lipinski definition) is 3. The zero-order chi connectivity index (χ0) is 21.9. The number of benzene rings is 2. The van der Waals surface area contributed by atoms with Crippen molar-refractivity contribution in [2.45, 2.75) is 52.5 Å². The predicted octanol–water partition coefficient (Wildman–Crippen LogP) is 3.92. The predicted molar refractivity (Wildman–Crippen MR) is 117 cm³/mol. The van der Waals surface area contributed by atoms with Gasteiger partial charge in [-0.15, -0.1) is 0 Å². The molecule has 0 unspecified atom stereocenters. The third-order valence-electron chi connectivity index (χ3n) is 5.65. The van der Waals surface area contributed by atoms with Crippen molar-refractivity contribution in [1.29, 1.82) is 0 Å². The van der Waals surface area contributed by atoms with E-state index in [9.17, 15) is 14.4 Å². The summed E-state index contributed by atoms with van der Waals surface area (Å²) in [6, 6.07) is 12.9. The molecule has 0 spiro atoms. The van der Waals surface area contributed by atoms with E-state index >= 15 is 0 Å². The van der Waals surface area contributed by atoms with Gasteiger partial charge in [0, 0.05) is 5.69 Å². The first-order valence-corrected chi connectivity index (χ1v) is 10.4. The molecule has 0 radical (unpaired) electrons.